The van der Waals surface area contributed by atoms with Gasteiger partial charge < -0.3 is 29.7 Å². The van der Waals surface area contributed by atoms with Gasteiger partial charge in [-0.15, -0.1) is 0 Å². The van der Waals surface area contributed by atoms with Crippen molar-refractivity contribution in [2.75, 3.05) is 0 Å². The van der Waals surface area contributed by atoms with E-state index in [4.69, 9.17) is 0 Å². The van der Waals surface area contributed by atoms with Crippen LogP contribution < -0.4 is 15.3 Å². The molecule has 0 saturated carbocycles. The second kappa shape index (κ2) is 25.6. The van der Waals surface area contributed by atoms with E-state index in [9.17, 15) is 29.7 Å². The molecule has 0 aliphatic carbocycles. The molecular weight excluding hydrogens is 435 g/mol. The molecule has 22 heavy (non-hydrogen) atoms. The molecule has 0 fully saturated rings. The Hall–Kier alpha value is -0.304. The maximum Gasteiger partial charge on any atom is 3.00 e. The van der Waals surface area contributed by atoms with Gasteiger partial charge in [-0.2, -0.15) is 0 Å². The fraction of sp³-hybridized carbons (Fsp3) is 0.800. The minimum atomic E-state index is -0.943. The number of carbonyl (C=O) groups excluding carboxylic acids is 3. The van der Waals surface area contributed by atoms with Gasteiger partial charge in [0.2, 0.25) is 0 Å². The van der Waals surface area contributed by atoms with Crippen LogP contribution in [0.3, 0.4) is 0 Å². The number of carbonyl (C=O) groups is 3. The number of hydrogen-bond acceptors (Lipinski definition) is 6. The summed E-state index contributed by atoms with van der Waals surface area (Å²) in [7, 11) is 0. The summed E-state index contributed by atoms with van der Waals surface area (Å²) in [6.07, 6.45) is 5.60. The van der Waals surface area contributed by atoms with E-state index in [0.717, 1.165) is 38.5 Å². The van der Waals surface area contributed by atoms with Crippen molar-refractivity contribution in [2.24, 2.45) is 0 Å². The fourth-order valence-corrected chi connectivity index (χ4v) is 0.963. The van der Waals surface area contributed by atoms with E-state index in [0.29, 0.717) is 0 Å². The van der Waals surface area contributed by atoms with E-state index in [1.54, 1.807) is 0 Å². The zero-order valence-electron chi connectivity index (χ0n) is 13.6. The molecule has 0 radical (unpaired) electrons. The molecule has 0 aromatic carbocycles. The number of aliphatic carboxylic acids is 3. The molecule has 0 atom stereocenters. The number of rotatable bonds is 9. The van der Waals surface area contributed by atoms with Crippen LogP contribution in [0.25, 0.3) is 0 Å². The summed E-state index contributed by atoms with van der Waals surface area (Å²) in [5.74, 6) is -2.83. The molecule has 0 amide bonds. The van der Waals surface area contributed by atoms with Gasteiger partial charge in [0.25, 0.3) is 0 Å². The van der Waals surface area contributed by atoms with Crippen LogP contribution >= 0.6 is 0 Å². The third-order valence-corrected chi connectivity index (χ3v) is 2.20. The van der Waals surface area contributed by atoms with Crippen LogP contribution in [0.4, 0.5) is 0 Å². The van der Waals surface area contributed by atoms with Crippen LogP contribution in [0.5, 0.6) is 0 Å². The monoisotopic (exact) mass is 462 g/mol. The molecule has 0 bridgehead atoms. The van der Waals surface area contributed by atoms with Gasteiger partial charge >= 0.3 is 38.6 Å². The van der Waals surface area contributed by atoms with Gasteiger partial charge in [0, 0.05) is 17.9 Å². The molecule has 7 heteroatoms. The molecule has 6 nitrogen and oxygen atoms in total. The van der Waals surface area contributed by atoms with Crippen LogP contribution in [0.15, 0.2) is 0 Å². The van der Waals surface area contributed by atoms with Crippen molar-refractivity contribution in [3.63, 3.8) is 0 Å². The molecule has 0 spiro atoms. The SMILES string of the molecule is CCCCC(=O)[O-].CCCCC(=O)[O-].CCCCC(=O)[O-].[Tb+3]. The van der Waals surface area contributed by atoms with Crippen molar-refractivity contribution >= 4 is 17.9 Å². The topological polar surface area (TPSA) is 120 Å². The summed E-state index contributed by atoms with van der Waals surface area (Å²) in [6, 6.07) is 0. The molecule has 0 unspecified atom stereocenters. The van der Waals surface area contributed by atoms with Gasteiger partial charge in [-0.25, -0.2) is 0 Å². The standard InChI is InChI=1S/3C5H10O2.Tb/c3*1-2-3-4-5(6)7;/h3*2-4H2,1H3,(H,6,7);/q;;;+3/p-3. The Bertz CT molecular complexity index is 226. The van der Waals surface area contributed by atoms with Crippen LogP contribution in [0.1, 0.15) is 78.6 Å². The molecule has 0 aromatic rings. The van der Waals surface area contributed by atoms with Gasteiger partial charge in [0.15, 0.2) is 0 Å². The molecule has 0 rings (SSSR count). The number of carboxylic acids is 3. The zero-order chi connectivity index (χ0) is 17.1. The second-order valence-electron chi connectivity index (χ2n) is 4.43. The van der Waals surface area contributed by atoms with E-state index >= 15 is 0 Å². The largest absolute Gasteiger partial charge is 3.00 e. The van der Waals surface area contributed by atoms with Crippen molar-refractivity contribution in [3.8, 4) is 0 Å². The normalized spacial score (nSPS) is 8.32. The van der Waals surface area contributed by atoms with E-state index in [1.165, 1.54) is 0 Å². The molecule has 0 aliphatic heterocycles. The number of unbranched alkanes of at least 4 members (excludes halogenated alkanes) is 3. The Labute approximate surface area is 164 Å². The maximum absolute atomic E-state index is 9.65. The second-order valence-corrected chi connectivity index (χ2v) is 4.43. The Morgan fingerprint density at radius 1 is 0.591 bits per heavy atom. The zero-order valence-corrected chi connectivity index (χ0v) is 15.8. The third kappa shape index (κ3) is 50.3. The van der Waals surface area contributed by atoms with Gasteiger partial charge in [0.1, 0.15) is 0 Å². The van der Waals surface area contributed by atoms with Crippen LogP contribution in [0.2, 0.25) is 0 Å². The van der Waals surface area contributed by atoms with Gasteiger partial charge in [-0.3, -0.25) is 0 Å². The molecule has 132 valence electrons. The average Bonchev–Trinajstić information content (AvgIpc) is 2.41. The Morgan fingerprint density at radius 3 is 0.818 bits per heavy atom. The molecule has 0 aromatic heterocycles. The first-order valence-electron chi connectivity index (χ1n) is 7.41. The van der Waals surface area contributed by atoms with E-state index in [-0.39, 0.29) is 57.9 Å². The molecule has 0 N–H and O–H groups in total. The summed E-state index contributed by atoms with van der Waals surface area (Å²) in [4.78, 5) is 28.9. The third-order valence-electron chi connectivity index (χ3n) is 2.20. The molecular formula is C15H27O6Tb. The van der Waals surface area contributed by atoms with E-state index < -0.39 is 17.9 Å². The van der Waals surface area contributed by atoms with Crippen LogP contribution in [-0.4, -0.2) is 17.9 Å². The van der Waals surface area contributed by atoms with Crippen molar-refractivity contribution < 1.29 is 68.3 Å². The van der Waals surface area contributed by atoms with Crippen molar-refractivity contribution in [2.45, 2.75) is 78.6 Å². The predicted octanol–water partition coefficient (Wildman–Crippen LogP) is -0.220. The van der Waals surface area contributed by atoms with Gasteiger partial charge in [0.05, 0.1) is 0 Å². The smallest absolute Gasteiger partial charge is 0.550 e. The van der Waals surface area contributed by atoms with Crippen LogP contribution in [-0.2, 0) is 14.4 Å². The Kier molecular flexibility index (Phi) is 34.6. The number of hydrogen-bond donors (Lipinski definition) is 0. The van der Waals surface area contributed by atoms with E-state index in [2.05, 4.69) is 0 Å². The summed E-state index contributed by atoms with van der Waals surface area (Å²) >= 11 is 0. The van der Waals surface area contributed by atoms with Gasteiger partial charge in [-0.1, -0.05) is 40.0 Å². The molecule has 0 aliphatic rings. The Morgan fingerprint density at radius 2 is 0.773 bits per heavy atom. The summed E-state index contributed by atoms with van der Waals surface area (Å²) in [6.45, 7) is 5.84. The first kappa shape index (κ1) is 29.7. The minimum Gasteiger partial charge on any atom is -0.550 e. The molecule has 0 heterocycles. The Balaban J connectivity index is -0.000000108. The fourth-order valence-electron chi connectivity index (χ4n) is 0.963. The average molecular weight is 462 g/mol. The van der Waals surface area contributed by atoms with Crippen molar-refractivity contribution in [1.82, 2.24) is 0 Å². The maximum atomic E-state index is 9.65. The van der Waals surface area contributed by atoms with Crippen molar-refractivity contribution in [1.29, 1.82) is 0 Å². The number of carboxylic acid groups (broad SMARTS) is 3. The van der Waals surface area contributed by atoms with Crippen LogP contribution in [0, 0.1) is 38.6 Å². The summed E-state index contributed by atoms with van der Waals surface area (Å²) in [5, 5.41) is 28.9. The predicted molar refractivity (Wildman–Crippen MR) is 73.6 cm³/mol. The molecule has 0 saturated heterocycles. The van der Waals surface area contributed by atoms with Crippen molar-refractivity contribution in [3.05, 3.63) is 0 Å². The quantitative estimate of drug-likeness (QED) is 0.467. The van der Waals surface area contributed by atoms with Gasteiger partial charge in [-0.05, 0) is 38.5 Å². The summed E-state index contributed by atoms with van der Waals surface area (Å²) in [5.41, 5.74) is 0. The summed E-state index contributed by atoms with van der Waals surface area (Å²) < 4.78 is 0. The first-order valence-corrected chi connectivity index (χ1v) is 7.41. The minimum absolute atomic E-state index is 0. The first-order chi connectivity index (χ1) is 9.81. The van der Waals surface area contributed by atoms with E-state index in [1.807, 2.05) is 20.8 Å².